The molecule has 3 N–H and O–H groups in total. The molecule has 1 aromatic carbocycles. The van der Waals surface area contributed by atoms with Gasteiger partial charge in [-0.05, 0) is 12.8 Å². The van der Waals surface area contributed by atoms with Crippen molar-refractivity contribution in [2.45, 2.75) is 25.7 Å². The average molecular weight is 392 g/mol. The fraction of sp³-hybridized carbons (Fsp3) is 0.400. The van der Waals surface area contributed by atoms with Crippen molar-refractivity contribution in [2.75, 3.05) is 14.2 Å². The molecular weight excluding hydrogens is 373 g/mol. The molecule has 138 valence electrons. The third-order valence-corrected chi connectivity index (χ3v) is 3.85. The molecule has 0 unspecified atom stereocenters. The minimum atomic E-state index is -0.490. The van der Waals surface area contributed by atoms with Crippen LogP contribution >= 0.6 is 23.2 Å². The van der Waals surface area contributed by atoms with Gasteiger partial charge in [0.1, 0.15) is 0 Å². The number of hydrazone groups is 1. The zero-order chi connectivity index (χ0) is 18.8. The number of amides is 2. The molecule has 0 aromatic heterocycles. The van der Waals surface area contributed by atoms with E-state index in [-0.39, 0.29) is 28.8 Å². The SMILES string of the molecule is COc1cc(Cl)c(/C=N\NC(=O)CCCCC(=O)NO)c(Cl)c1OC. The second-order valence-electron chi connectivity index (χ2n) is 4.86. The third-order valence-electron chi connectivity index (χ3n) is 3.16. The van der Waals surface area contributed by atoms with Crippen LogP contribution in [0.15, 0.2) is 11.2 Å². The Hall–Kier alpha value is -2.03. The number of methoxy groups -OCH3 is 2. The van der Waals surface area contributed by atoms with E-state index in [0.717, 1.165) is 0 Å². The summed E-state index contributed by atoms with van der Waals surface area (Å²) in [5.74, 6) is -0.126. The lowest BCUT2D eigenvalue weighted by molar-refractivity contribution is -0.129. The van der Waals surface area contributed by atoms with Crippen molar-refractivity contribution in [3.63, 3.8) is 0 Å². The van der Waals surface area contributed by atoms with Crippen LogP contribution in [0.3, 0.4) is 0 Å². The summed E-state index contributed by atoms with van der Waals surface area (Å²) in [6.07, 6.45) is 2.58. The second-order valence-corrected chi connectivity index (χ2v) is 5.64. The molecule has 1 aromatic rings. The number of nitrogens with one attached hydrogen (secondary N) is 2. The molecule has 1 rings (SSSR count). The normalized spacial score (nSPS) is 10.6. The van der Waals surface area contributed by atoms with Gasteiger partial charge in [0, 0.05) is 24.5 Å². The lowest BCUT2D eigenvalue weighted by Gasteiger charge is -2.12. The molecule has 10 heteroatoms. The standard InChI is InChI=1S/C15H19Cl2N3O5/c1-24-11-7-10(16)9(14(17)15(11)25-2)8-18-19-12(21)5-3-4-6-13(22)20-23/h7-8,23H,3-6H2,1-2H3,(H,19,21)(H,20,22)/b18-8-. The monoisotopic (exact) mass is 391 g/mol. The molecule has 0 bridgehead atoms. The molecule has 25 heavy (non-hydrogen) atoms. The first kappa shape index (κ1) is 21.0. The van der Waals surface area contributed by atoms with E-state index >= 15 is 0 Å². The molecule has 0 aliphatic heterocycles. The summed E-state index contributed by atoms with van der Waals surface area (Å²) in [4.78, 5) is 22.5. The van der Waals surface area contributed by atoms with E-state index in [1.807, 2.05) is 0 Å². The number of unbranched alkanes of at least 4 members (excludes halogenated alkanes) is 1. The predicted molar refractivity (Wildman–Crippen MR) is 93.7 cm³/mol. The fourth-order valence-electron chi connectivity index (χ4n) is 1.91. The number of hydroxylamine groups is 1. The Morgan fingerprint density at radius 3 is 2.40 bits per heavy atom. The van der Waals surface area contributed by atoms with E-state index < -0.39 is 5.91 Å². The Kier molecular flexibility index (Phi) is 9.04. The summed E-state index contributed by atoms with van der Waals surface area (Å²) in [6.45, 7) is 0. The maximum atomic E-state index is 11.7. The van der Waals surface area contributed by atoms with Crippen LogP contribution in [0.5, 0.6) is 11.5 Å². The topological polar surface area (TPSA) is 109 Å². The zero-order valence-corrected chi connectivity index (χ0v) is 15.3. The highest BCUT2D eigenvalue weighted by molar-refractivity contribution is 6.40. The Balaban J connectivity index is 2.61. The van der Waals surface area contributed by atoms with Crippen molar-refractivity contribution in [2.24, 2.45) is 5.10 Å². The van der Waals surface area contributed by atoms with Gasteiger partial charge in [-0.15, -0.1) is 0 Å². The molecule has 0 saturated carbocycles. The first-order valence-corrected chi connectivity index (χ1v) is 8.05. The molecule has 0 saturated heterocycles. The van der Waals surface area contributed by atoms with E-state index in [0.29, 0.717) is 29.9 Å². The molecule has 0 heterocycles. The molecule has 0 atom stereocenters. The lowest BCUT2D eigenvalue weighted by atomic mass is 10.2. The van der Waals surface area contributed by atoms with Crippen LogP contribution in [0.2, 0.25) is 10.0 Å². The summed E-state index contributed by atoms with van der Waals surface area (Å²) in [5.41, 5.74) is 4.25. The van der Waals surface area contributed by atoms with Gasteiger partial charge in [-0.25, -0.2) is 10.9 Å². The van der Waals surface area contributed by atoms with Crippen LogP contribution in [0, 0.1) is 0 Å². The minimum absolute atomic E-state index is 0.143. The van der Waals surface area contributed by atoms with E-state index in [1.54, 1.807) is 0 Å². The highest BCUT2D eigenvalue weighted by Gasteiger charge is 2.16. The van der Waals surface area contributed by atoms with Crippen LogP contribution in [-0.4, -0.2) is 37.5 Å². The van der Waals surface area contributed by atoms with Gasteiger partial charge in [0.25, 0.3) is 0 Å². The number of carbonyl (C=O) groups is 2. The minimum Gasteiger partial charge on any atom is -0.493 e. The van der Waals surface area contributed by atoms with Crippen LogP contribution in [0.25, 0.3) is 0 Å². The fourth-order valence-corrected chi connectivity index (χ4v) is 2.52. The van der Waals surface area contributed by atoms with Gasteiger partial charge in [0.05, 0.1) is 30.5 Å². The Morgan fingerprint density at radius 2 is 1.84 bits per heavy atom. The molecule has 0 aliphatic carbocycles. The van der Waals surface area contributed by atoms with Gasteiger partial charge in [0.2, 0.25) is 11.8 Å². The largest absolute Gasteiger partial charge is 0.493 e. The van der Waals surface area contributed by atoms with Gasteiger partial charge < -0.3 is 9.47 Å². The molecule has 2 amide bonds. The number of ether oxygens (including phenoxy) is 2. The number of hydrogen-bond acceptors (Lipinski definition) is 6. The highest BCUT2D eigenvalue weighted by Crippen LogP contribution is 2.40. The van der Waals surface area contributed by atoms with E-state index in [1.165, 1.54) is 32.0 Å². The maximum Gasteiger partial charge on any atom is 0.243 e. The van der Waals surface area contributed by atoms with Gasteiger partial charge in [-0.2, -0.15) is 5.10 Å². The lowest BCUT2D eigenvalue weighted by Crippen LogP contribution is -2.19. The quantitative estimate of drug-likeness (QED) is 0.259. The molecule has 0 spiro atoms. The average Bonchev–Trinajstić information content (AvgIpc) is 2.60. The maximum absolute atomic E-state index is 11.7. The van der Waals surface area contributed by atoms with Crippen LogP contribution in [0.1, 0.15) is 31.2 Å². The van der Waals surface area contributed by atoms with E-state index in [4.69, 9.17) is 37.9 Å². The number of halogens is 2. The van der Waals surface area contributed by atoms with Crippen molar-refractivity contribution < 1.29 is 24.3 Å². The first-order valence-electron chi connectivity index (χ1n) is 7.29. The molecule has 0 aliphatic rings. The highest BCUT2D eigenvalue weighted by atomic mass is 35.5. The zero-order valence-electron chi connectivity index (χ0n) is 13.8. The Morgan fingerprint density at radius 1 is 1.20 bits per heavy atom. The molecule has 0 radical (unpaired) electrons. The van der Waals surface area contributed by atoms with Gasteiger partial charge in [0.15, 0.2) is 11.5 Å². The number of benzene rings is 1. The summed E-state index contributed by atoms with van der Waals surface area (Å²) in [5, 5.41) is 12.7. The summed E-state index contributed by atoms with van der Waals surface area (Å²) < 4.78 is 10.3. The van der Waals surface area contributed by atoms with Gasteiger partial charge >= 0.3 is 0 Å². The van der Waals surface area contributed by atoms with Crippen molar-refractivity contribution in [1.29, 1.82) is 0 Å². The van der Waals surface area contributed by atoms with Gasteiger partial charge in [-0.1, -0.05) is 23.2 Å². The number of rotatable bonds is 9. The van der Waals surface area contributed by atoms with E-state index in [2.05, 4.69) is 10.5 Å². The first-order chi connectivity index (χ1) is 11.9. The number of carbonyl (C=O) groups excluding carboxylic acids is 2. The number of hydrogen-bond donors (Lipinski definition) is 3. The second kappa shape index (κ2) is 10.8. The van der Waals surface area contributed by atoms with Crippen molar-refractivity contribution in [1.82, 2.24) is 10.9 Å². The predicted octanol–water partition coefficient (Wildman–Crippen LogP) is 2.53. The van der Waals surface area contributed by atoms with Crippen molar-refractivity contribution in [3.05, 3.63) is 21.7 Å². The molecular formula is C15H19Cl2N3O5. The number of nitrogens with zero attached hydrogens (tertiary/aromatic N) is 1. The van der Waals surface area contributed by atoms with Crippen molar-refractivity contribution in [3.8, 4) is 11.5 Å². The third kappa shape index (κ3) is 6.41. The molecule has 8 nitrogen and oxygen atoms in total. The summed E-state index contributed by atoms with van der Waals surface area (Å²) in [7, 11) is 2.90. The van der Waals surface area contributed by atoms with Gasteiger partial charge in [-0.3, -0.25) is 14.8 Å². The smallest absolute Gasteiger partial charge is 0.243 e. The molecule has 0 fully saturated rings. The summed E-state index contributed by atoms with van der Waals surface area (Å²) >= 11 is 12.3. The van der Waals surface area contributed by atoms with Crippen molar-refractivity contribution >= 4 is 41.2 Å². The Labute approximate surface area is 155 Å². The summed E-state index contributed by atoms with van der Waals surface area (Å²) in [6, 6.07) is 1.53. The Bertz CT molecular complexity index is 653. The van der Waals surface area contributed by atoms with Crippen LogP contribution in [0.4, 0.5) is 0 Å². The van der Waals surface area contributed by atoms with E-state index in [9.17, 15) is 9.59 Å². The van der Waals surface area contributed by atoms with Crippen LogP contribution in [-0.2, 0) is 9.59 Å². The van der Waals surface area contributed by atoms with Crippen LogP contribution < -0.4 is 20.4 Å².